The van der Waals surface area contributed by atoms with Gasteiger partial charge in [0, 0.05) is 35.8 Å². The predicted molar refractivity (Wildman–Crippen MR) is 111 cm³/mol. The van der Waals surface area contributed by atoms with E-state index in [1.54, 1.807) is 0 Å². The maximum Gasteiger partial charge on any atom is 0.259 e. The number of rotatable bonds is 3. The minimum atomic E-state index is -0.152. The first-order valence-corrected chi connectivity index (χ1v) is 10.00. The minimum Gasteiger partial charge on any atom is -0.392 e. The Bertz CT molecular complexity index is 1060. The van der Waals surface area contributed by atoms with E-state index in [1.807, 2.05) is 53.1 Å². The summed E-state index contributed by atoms with van der Waals surface area (Å²) in [5.74, 6) is 0.779. The van der Waals surface area contributed by atoms with Crippen LogP contribution in [0.15, 0.2) is 65.5 Å². The van der Waals surface area contributed by atoms with Crippen molar-refractivity contribution in [1.82, 2.24) is 9.88 Å². The molecule has 4 nitrogen and oxygen atoms in total. The van der Waals surface area contributed by atoms with Crippen molar-refractivity contribution in [2.24, 2.45) is 5.92 Å². The van der Waals surface area contributed by atoms with Gasteiger partial charge in [-0.2, -0.15) is 0 Å². The summed E-state index contributed by atoms with van der Waals surface area (Å²) in [6.45, 7) is 2.43. The van der Waals surface area contributed by atoms with Crippen molar-refractivity contribution >= 4 is 0 Å². The average molecular weight is 372 g/mol. The quantitative estimate of drug-likeness (QED) is 0.741. The van der Waals surface area contributed by atoms with E-state index in [1.165, 1.54) is 0 Å². The van der Waals surface area contributed by atoms with Gasteiger partial charge in [0.2, 0.25) is 0 Å². The molecule has 28 heavy (non-hydrogen) atoms. The Labute approximate surface area is 164 Å². The Morgan fingerprint density at radius 2 is 1.57 bits per heavy atom. The van der Waals surface area contributed by atoms with Gasteiger partial charge in [-0.15, -0.1) is 0 Å². The molecular weight excluding hydrogens is 348 g/mol. The Hall–Kier alpha value is -2.69. The van der Waals surface area contributed by atoms with Gasteiger partial charge in [0.1, 0.15) is 0 Å². The number of nitrogens with one attached hydrogen (secondary N) is 1. The maximum absolute atomic E-state index is 13.6. The zero-order valence-corrected chi connectivity index (χ0v) is 15.8. The van der Waals surface area contributed by atoms with Gasteiger partial charge in [0.15, 0.2) is 0 Å². The summed E-state index contributed by atoms with van der Waals surface area (Å²) in [5, 5.41) is 13.9. The van der Waals surface area contributed by atoms with Gasteiger partial charge in [-0.1, -0.05) is 60.7 Å². The highest BCUT2D eigenvalue weighted by atomic mass is 16.3. The fourth-order valence-corrected chi connectivity index (χ4v) is 5.02. The monoisotopic (exact) mass is 372 g/mol. The van der Waals surface area contributed by atoms with Crippen molar-refractivity contribution in [3.63, 3.8) is 0 Å². The van der Waals surface area contributed by atoms with Crippen LogP contribution in [-0.2, 0) is 13.2 Å². The van der Waals surface area contributed by atoms with Gasteiger partial charge in [-0.25, -0.2) is 0 Å². The number of benzene rings is 2. The summed E-state index contributed by atoms with van der Waals surface area (Å²) in [5.41, 5.74) is 5.48. The van der Waals surface area contributed by atoms with Crippen LogP contribution >= 0.6 is 0 Å². The average Bonchev–Trinajstić information content (AvgIpc) is 2.75. The zero-order valence-electron chi connectivity index (χ0n) is 15.8. The Morgan fingerprint density at radius 3 is 2.21 bits per heavy atom. The van der Waals surface area contributed by atoms with Crippen LogP contribution in [0.4, 0.5) is 0 Å². The summed E-state index contributed by atoms with van der Waals surface area (Å²) in [6.07, 6.45) is 1.10. The summed E-state index contributed by atoms with van der Waals surface area (Å²) in [4.78, 5) is 13.6. The molecule has 2 aromatic carbocycles. The topological polar surface area (TPSA) is 54.3 Å². The van der Waals surface area contributed by atoms with E-state index in [2.05, 4.69) is 17.4 Å². The van der Waals surface area contributed by atoms with Crippen molar-refractivity contribution < 1.29 is 5.11 Å². The molecule has 142 valence electrons. The van der Waals surface area contributed by atoms with E-state index in [0.29, 0.717) is 17.4 Å². The second-order valence-electron chi connectivity index (χ2n) is 7.88. The molecule has 2 aliphatic heterocycles. The highest BCUT2D eigenvalue weighted by molar-refractivity contribution is 5.80. The summed E-state index contributed by atoms with van der Waals surface area (Å²) in [7, 11) is 0. The lowest BCUT2D eigenvalue weighted by atomic mass is 9.79. The van der Waals surface area contributed by atoms with Crippen molar-refractivity contribution in [2.45, 2.75) is 25.5 Å². The number of pyridine rings is 1. The van der Waals surface area contributed by atoms with E-state index in [-0.39, 0.29) is 12.2 Å². The third-order valence-electron chi connectivity index (χ3n) is 6.16. The molecule has 2 bridgehead atoms. The third kappa shape index (κ3) is 2.72. The molecule has 0 spiro atoms. The molecule has 4 heteroatoms. The van der Waals surface area contributed by atoms with Crippen LogP contribution in [0.1, 0.15) is 23.6 Å². The molecular formula is C24H24N2O2. The van der Waals surface area contributed by atoms with Gasteiger partial charge in [0.05, 0.1) is 12.2 Å². The van der Waals surface area contributed by atoms with Gasteiger partial charge < -0.3 is 15.0 Å². The van der Waals surface area contributed by atoms with Gasteiger partial charge in [-0.05, 0) is 30.0 Å². The molecule has 0 saturated carbocycles. The van der Waals surface area contributed by atoms with E-state index < -0.39 is 0 Å². The van der Waals surface area contributed by atoms with Crippen molar-refractivity contribution in [1.29, 1.82) is 0 Å². The first-order valence-electron chi connectivity index (χ1n) is 10.00. The molecule has 0 aliphatic carbocycles. The number of aliphatic hydroxyl groups is 1. The number of hydrogen-bond acceptors (Lipinski definition) is 3. The fourth-order valence-electron chi connectivity index (χ4n) is 5.02. The number of aromatic nitrogens is 1. The summed E-state index contributed by atoms with van der Waals surface area (Å²) in [6, 6.07) is 20.0. The molecule has 2 unspecified atom stereocenters. The molecule has 2 N–H and O–H groups in total. The normalized spacial score (nSPS) is 20.6. The van der Waals surface area contributed by atoms with Crippen LogP contribution in [0.3, 0.4) is 0 Å². The maximum atomic E-state index is 13.6. The van der Waals surface area contributed by atoms with Crippen LogP contribution in [0.25, 0.3) is 22.3 Å². The molecule has 0 radical (unpaired) electrons. The second kappa shape index (κ2) is 7.04. The molecule has 3 heterocycles. The van der Waals surface area contributed by atoms with Crippen LogP contribution in [0.2, 0.25) is 0 Å². The second-order valence-corrected chi connectivity index (χ2v) is 7.88. The zero-order chi connectivity index (χ0) is 19.1. The SMILES string of the molecule is O=c1c(-c2ccccc2)c(CO)c(-c2ccccc2)c2n1CC1CNCC2C1. The first-order chi connectivity index (χ1) is 13.8. The van der Waals surface area contributed by atoms with Crippen LogP contribution < -0.4 is 10.9 Å². The number of hydrogen-bond donors (Lipinski definition) is 2. The largest absolute Gasteiger partial charge is 0.392 e. The third-order valence-corrected chi connectivity index (χ3v) is 6.16. The molecule has 1 saturated heterocycles. The van der Waals surface area contributed by atoms with Crippen molar-refractivity contribution in [2.75, 3.05) is 13.1 Å². The Morgan fingerprint density at radius 1 is 0.929 bits per heavy atom. The highest BCUT2D eigenvalue weighted by Gasteiger charge is 2.35. The lowest BCUT2D eigenvalue weighted by Gasteiger charge is -2.39. The van der Waals surface area contributed by atoms with Crippen molar-refractivity contribution in [3.8, 4) is 22.3 Å². The Balaban J connectivity index is 1.89. The molecule has 2 atom stereocenters. The molecule has 1 fully saturated rings. The van der Waals surface area contributed by atoms with Gasteiger partial charge in [0.25, 0.3) is 5.56 Å². The lowest BCUT2D eigenvalue weighted by Crippen LogP contribution is -2.46. The Kier molecular flexibility index (Phi) is 4.38. The van der Waals surface area contributed by atoms with Crippen LogP contribution in [0.5, 0.6) is 0 Å². The first kappa shape index (κ1) is 17.4. The highest BCUT2D eigenvalue weighted by Crippen LogP contribution is 2.41. The summed E-state index contributed by atoms with van der Waals surface area (Å²) < 4.78 is 2.00. The smallest absolute Gasteiger partial charge is 0.259 e. The summed E-state index contributed by atoms with van der Waals surface area (Å²) >= 11 is 0. The molecule has 0 amide bonds. The number of aliphatic hydroxyl groups excluding tert-OH is 1. The number of piperidine rings is 1. The van der Waals surface area contributed by atoms with E-state index in [9.17, 15) is 9.90 Å². The predicted octanol–water partition coefficient (Wildman–Crippen LogP) is 3.38. The molecule has 3 aromatic rings. The van der Waals surface area contributed by atoms with Gasteiger partial charge >= 0.3 is 0 Å². The van der Waals surface area contributed by atoms with Gasteiger partial charge in [-0.3, -0.25) is 4.79 Å². The van der Waals surface area contributed by atoms with Crippen LogP contribution in [0, 0.1) is 5.92 Å². The van der Waals surface area contributed by atoms with Crippen LogP contribution in [-0.4, -0.2) is 22.8 Å². The number of fused-ring (bicyclic) bond motifs is 4. The lowest BCUT2D eigenvalue weighted by molar-refractivity contribution is 0.255. The minimum absolute atomic E-state index is 0.0292. The van der Waals surface area contributed by atoms with E-state index >= 15 is 0 Å². The molecule has 2 aliphatic rings. The van der Waals surface area contributed by atoms with E-state index in [0.717, 1.165) is 54.0 Å². The standard InChI is InChI=1S/C24H24N2O2/c27-15-20-21(17-7-3-1-4-8-17)23-19-11-16(12-25-13-19)14-26(23)24(28)22(20)18-9-5-2-6-10-18/h1-10,16,19,25,27H,11-15H2. The number of nitrogens with zero attached hydrogens (tertiary/aromatic N) is 1. The molecule has 5 rings (SSSR count). The van der Waals surface area contributed by atoms with Crippen molar-refractivity contribution in [3.05, 3.63) is 82.3 Å². The molecule has 1 aromatic heterocycles. The van der Waals surface area contributed by atoms with E-state index in [4.69, 9.17) is 0 Å². The fraction of sp³-hybridized carbons (Fsp3) is 0.292.